The Morgan fingerprint density at radius 1 is 1.39 bits per heavy atom. The highest BCUT2D eigenvalue weighted by molar-refractivity contribution is 7.09. The van der Waals surface area contributed by atoms with E-state index in [4.69, 9.17) is 10.7 Å². The Labute approximate surface area is 111 Å². The van der Waals surface area contributed by atoms with Crippen LogP contribution in [0.25, 0.3) is 11.3 Å². The molecule has 0 radical (unpaired) electrons. The SMILES string of the molecule is NCC1(Cc2nc(-c3cccnc3)cs2)CCC1. The first kappa shape index (κ1) is 11.8. The van der Waals surface area contributed by atoms with E-state index in [-0.39, 0.29) is 0 Å². The monoisotopic (exact) mass is 259 g/mol. The van der Waals surface area contributed by atoms with E-state index in [0.29, 0.717) is 5.41 Å². The van der Waals surface area contributed by atoms with E-state index in [9.17, 15) is 0 Å². The van der Waals surface area contributed by atoms with Crippen LogP contribution in [0, 0.1) is 5.41 Å². The zero-order valence-corrected chi connectivity index (χ0v) is 11.1. The van der Waals surface area contributed by atoms with Crippen molar-refractivity contribution in [1.29, 1.82) is 0 Å². The predicted octanol–water partition coefficient (Wildman–Crippen LogP) is 2.88. The second kappa shape index (κ2) is 4.78. The zero-order chi connectivity index (χ0) is 12.4. The molecule has 3 nitrogen and oxygen atoms in total. The standard InChI is InChI=1S/C14H17N3S/c15-10-14(4-2-5-14)7-13-17-12(9-18-13)11-3-1-6-16-8-11/h1,3,6,8-9H,2,4-5,7,10,15H2. The molecule has 1 aliphatic rings. The highest BCUT2D eigenvalue weighted by atomic mass is 32.1. The summed E-state index contributed by atoms with van der Waals surface area (Å²) in [7, 11) is 0. The van der Waals surface area contributed by atoms with E-state index in [0.717, 1.165) is 24.2 Å². The lowest BCUT2D eigenvalue weighted by Gasteiger charge is -2.40. The molecular formula is C14H17N3S. The van der Waals surface area contributed by atoms with Crippen LogP contribution in [-0.4, -0.2) is 16.5 Å². The maximum atomic E-state index is 5.90. The maximum Gasteiger partial charge on any atom is 0.0938 e. The fraction of sp³-hybridized carbons (Fsp3) is 0.429. The van der Waals surface area contributed by atoms with Gasteiger partial charge in [-0.2, -0.15) is 0 Å². The molecule has 1 saturated carbocycles. The summed E-state index contributed by atoms with van der Waals surface area (Å²) in [5.74, 6) is 0. The average molecular weight is 259 g/mol. The molecule has 0 amide bonds. The van der Waals surface area contributed by atoms with Gasteiger partial charge in [-0.05, 0) is 36.9 Å². The summed E-state index contributed by atoms with van der Waals surface area (Å²) in [6, 6.07) is 4.00. The molecule has 0 atom stereocenters. The van der Waals surface area contributed by atoms with Gasteiger partial charge in [0.1, 0.15) is 0 Å². The summed E-state index contributed by atoms with van der Waals surface area (Å²) in [6.07, 6.45) is 8.51. The first-order valence-electron chi connectivity index (χ1n) is 6.36. The molecule has 2 heterocycles. The summed E-state index contributed by atoms with van der Waals surface area (Å²) in [6.45, 7) is 0.787. The number of rotatable bonds is 4. The van der Waals surface area contributed by atoms with Crippen molar-refractivity contribution in [2.45, 2.75) is 25.7 Å². The zero-order valence-electron chi connectivity index (χ0n) is 10.3. The van der Waals surface area contributed by atoms with Crippen LogP contribution in [-0.2, 0) is 6.42 Å². The van der Waals surface area contributed by atoms with E-state index in [1.165, 1.54) is 24.3 Å². The van der Waals surface area contributed by atoms with Crippen molar-refractivity contribution in [3.8, 4) is 11.3 Å². The van der Waals surface area contributed by atoms with Crippen LogP contribution in [0.3, 0.4) is 0 Å². The molecule has 0 unspecified atom stereocenters. The van der Waals surface area contributed by atoms with Gasteiger partial charge < -0.3 is 5.73 Å². The number of thiazole rings is 1. The third-order valence-corrected chi connectivity index (χ3v) is 4.73. The number of hydrogen-bond donors (Lipinski definition) is 1. The molecule has 2 aromatic heterocycles. The molecule has 0 aromatic carbocycles. The van der Waals surface area contributed by atoms with Gasteiger partial charge >= 0.3 is 0 Å². The van der Waals surface area contributed by atoms with Gasteiger partial charge in [0.15, 0.2) is 0 Å². The number of hydrogen-bond acceptors (Lipinski definition) is 4. The molecular weight excluding hydrogens is 242 g/mol. The minimum absolute atomic E-state index is 0.337. The Bertz CT molecular complexity index is 511. The van der Waals surface area contributed by atoms with Crippen LogP contribution >= 0.6 is 11.3 Å². The Hall–Kier alpha value is -1.26. The van der Waals surface area contributed by atoms with E-state index in [2.05, 4.69) is 10.4 Å². The summed E-state index contributed by atoms with van der Waals surface area (Å²) >= 11 is 1.74. The normalized spacial score (nSPS) is 17.4. The number of nitrogens with zero attached hydrogens (tertiary/aromatic N) is 2. The van der Waals surface area contributed by atoms with E-state index in [1.807, 2.05) is 18.3 Å². The number of nitrogens with two attached hydrogens (primary N) is 1. The number of pyridine rings is 1. The van der Waals surface area contributed by atoms with Gasteiger partial charge in [0, 0.05) is 29.8 Å². The second-order valence-corrected chi connectivity index (χ2v) is 6.05. The molecule has 94 valence electrons. The van der Waals surface area contributed by atoms with Gasteiger partial charge in [0.05, 0.1) is 10.7 Å². The van der Waals surface area contributed by atoms with E-state index in [1.54, 1.807) is 17.5 Å². The fourth-order valence-electron chi connectivity index (χ4n) is 2.49. The Morgan fingerprint density at radius 2 is 2.28 bits per heavy atom. The lowest BCUT2D eigenvalue weighted by molar-refractivity contribution is 0.145. The summed E-state index contributed by atoms with van der Waals surface area (Å²) < 4.78 is 0. The van der Waals surface area contributed by atoms with Crippen molar-refractivity contribution < 1.29 is 0 Å². The Kier molecular flexibility index (Phi) is 3.14. The largest absolute Gasteiger partial charge is 0.330 e. The van der Waals surface area contributed by atoms with Crippen molar-refractivity contribution in [3.05, 3.63) is 34.9 Å². The van der Waals surface area contributed by atoms with Gasteiger partial charge in [0.2, 0.25) is 0 Å². The first-order chi connectivity index (χ1) is 8.81. The van der Waals surface area contributed by atoms with Crippen LogP contribution in [0.4, 0.5) is 0 Å². The molecule has 0 bridgehead atoms. The lowest BCUT2D eigenvalue weighted by Crippen LogP contribution is -2.39. The summed E-state index contributed by atoms with van der Waals surface area (Å²) in [5.41, 5.74) is 8.37. The molecule has 3 rings (SSSR count). The van der Waals surface area contributed by atoms with Crippen LogP contribution in [0.1, 0.15) is 24.3 Å². The van der Waals surface area contributed by atoms with Crippen LogP contribution in [0.2, 0.25) is 0 Å². The smallest absolute Gasteiger partial charge is 0.0938 e. The average Bonchev–Trinajstić information content (AvgIpc) is 2.83. The van der Waals surface area contributed by atoms with Gasteiger partial charge in [-0.3, -0.25) is 4.98 Å². The topological polar surface area (TPSA) is 51.8 Å². The van der Waals surface area contributed by atoms with Crippen LogP contribution < -0.4 is 5.73 Å². The maximum absolute atomic E-state index is 5.90. The van der Waals surface area contributed by atoms with Crippen molar-refractivity contribution in [2.75, 3.05) is 6.54 Å². The van der Waals surface area contributed by atoms with Gasteiger partial charge in [-0.15, -0.1) is 11.3 Å². The van der Waals surface area contributed by atoms with E-state index < -0.39 is 0 Å². The van der Waals surface area contributed by atoms with Crippen LogP contribution in [0.15, 0.2) is 29.9 Å². The minimum atomic E-state index is 0.337. The van der Waals surface area contributed by atoms with Gasteiger partial charge in [0.25, 0.3) is 0 Å². The molecule has 18 heavy (non-hydrogen) atoms. The van der Waals surface area contributed by atoms with Gasteiger partial charge in [-0.25, -0.2) is 4.98 Å². The van der Waals surface area contributed by atoms with E-state index >= 15 is 0 Å². The quantitative estimate of drug-likeness (QED) is 0.918. The lowest BCUT2D eigenvalue weighted by atomic mass is 9.67. The Morgan fingerprint density at radius 3 is 2.89 bits per heavy atom. The Balaban J connectivity index is 1.78. The molecule has 0 saturated heterocycles. The third kappa shape index (κ3) is 2.18. The fourth-order valence-corrected chi connectivity index (χ4v) is 3.47. The molecule has 4 heteroatoms. The highest BCUT2D eigenvalue weighted by Gasteiger charge is 2.36. The number of aromatic nitrogens is 2. The van der Waals surface area contributed by atoms with Crippen molar-refractivity contribution >= 4 is 11.3 Å². The molecule has 2 N–H and O–H groups in total. The molecule has 1 fully saturated rings. The van der Waals surface area contributed by atoms with Crippen molar-refractivity contribution in [1.82, 2.24) is 9.97 Å². The molecule has 1 aliphatic carbocycles. The highest BCUT2D eigenvalue weighted by Crippen LogP contribution is 2.43. The van der Waals surface area contributed by atoms with Crippen molar-refractivity contribution in [2.24, 2.45) is 11.1 Å². The molecule has 0 aliphatic heterocycles. The minimum Gasteiger partial charge on any atom is -0.330 e. The summed E-state index contributed by atoms with van der Waals surface area (Å²) in [5, 5.41) is 3.33. The van der Waals surface area contributed by atoms with Crippen LogP contribution in [0.5, 0.6) is 0 Å². The molecule has 2 aromatic rings. The predicted molar refractivity (Wildman–Crippen MR) is 74.4 cm³/mol. The molecule has 0 spiro atoms. The first-order valence-corrected chi connectivity index (χ1v) is 7.24. The summed E-state index contributed by atoms with van der Waals surface area (Å²) in [4.78, 5) is 8.85. The van der Waals surface area contributed by atoms with Gasteiger partial charge in [-0.1, -0.05) is 6.42 Å². The van der Waals surface area contributed by atoms with Crippen molar-refractivity contribution in [3.63, 3.8) is 0 Å². The second-order valence-electron chi connectivity index (χ2n) is 5.10. The third-order valence-electron chi connectivity index (χ3n) is 3.88.